The number of carbonyl (C=O) groups excluding carboxylic acids is 1. The van der Waals surface area contributed by atoms with Gasteiger partial charge in [-0.25, -0.2) is 4.99 Å². The van der Waals surface area contributed by atoms with Gasteiger partial charge in [0.05, 0.1) is 10.7 Å². The highest BCUT2D eigenvalue weighted by Crippen LogP contribution is 1.79. The number of hydrogen-bond donors (Lipinski definition) is 1. The number of amides is 1. The Labute approximate surface area is 50.7 Å². The number of hydrogen-bond acceptors (Lipinski definition) is 1. The number of carbonyl (C=O) groups is 1. The Morgan fingerprint density at radius 3 is 3.22 bits per heavy atom. The van der Waals surface area contributed by atoms with Crippen LogP contribution in [0.3, 0.4) is 0 Å². The van der Waals surface area contributed by atoms with Crippen molar-refractivity contribution in [3.63, 3.8) is 0 Å². The molecule has 1 N–H and O–H groups in total. The SMILES string of the molecule is O=C1C=c2[nH]ccc2=N1. The van der Waals surface area contributed by atoms with Crippen LogP contribution in [-0.2, 0) is 4.79 Å². The van der Waals surface area contributed by atoms with E-state index in [4.69, 9.17) is 0 Å². The molecule has 2 rings (SSSR count). The number of fused-ring (bicyclic) bond motifs is 1. The highest BCUT2D eigenvalue weighted by atomic mass is 16.1. The minimum atomic E-state index is -0.170. The van der Waals surface area contributed by atoms with Gasteiger partial charge in [0, 0.05) is 12.3 Å². The largest absolute Gasteiger partial charge is 0.360 e. The summed E-state index contributed by atoms with van der Waals surface area (Å²) in [6.45, 7) is 0. The number of aromatic nitrogens is 1. The van der Waals surface area contributed by atoms with E-state index in [1.807, 2.05) is 0 Å². The molecule has 44 valence electrons. The molecule has 0 radical (unpaired) electrons. The molecule has 1 amide bonds. The summed E-state index contributed by atoms with van der Waals surface area (Å²) in [5, 5.41) is 1.57. The molecule has 0 bridgehead atoms. The molecule has 1 aromatic heterocycles. The number of H-pyrrole nitrogens is 1. The van der Waals surface area contributed by atoms with Crippen molar-refractivity contribution < 1.29 is 4.79 Å². The molecule has 0 fully saturated rings. The molecule has 3 nitrogen and oxygen atoms in total. The van der Waals surface area contributed by atoms with Crippen LogP contribution < -0.4 is 10.7 Å². The number of nitrogens with zero attached hydrogens (tertiary/aromatic N) is 1. The molecule has 0 saturated heterocycles. The Balaban J connectivity index is 3.01. The lowest BCUT2D eigenvalue weighted by molar-refractivity contribution is -0.112. The Morgan fingerprint density at radius 2 is 2.44 bits per heavy atom. The van der Waals surface area contributed by atoms with Crippen LogP contribution in [0.2, 0.25) is 0 Å². The standard InChI is InChI=1S/C6H4N2O/c9-6-3-5-4(8-6)1-2-7-5/h1-3,7H. The molecule has 1 aromatic rings. The van der Waals surface area contributed by atoms with Crippen molar-refractivity contribution in [2.75, 3.05) is 0 Å². The summed E-state index contributed by atoms with van der Waals surface area (Å²) < 4.78 is 0. The molecular formula is C6H4N2O. The van der Waals surface area contributed by atoms with E-state index < -0.39 is 0 Å². The molecule has 0 aromatic carbocycles. The second-order valence-electron chi connectivity index (χ2n) is 1.87. The van der Waals surface area contributed by atoms with E-state index in [1.165, 1.54) is 6.08 Å². The van der Waals surface area contributed by atoms with Crippen molar-refractivity contribution >= 4 is 12.0 Å². The van der Waals surface area contributed by atoms with Crippen LogP contribution >= 0.6 is 0 Å². The summed E-state index contributed by atoms with van der Waals surface area (Å²) in [7, 11) is 0. The molecule has 0 spiro atoms. The smallest absolute Gasteiger partial charge is 0.272 e. The highest BCUT2D eigenvalue weighted by Gasteiger charge is 2.01. The summed E-state index contributed by atoms with van der Waals surface area (Å²) in [6, 6.07) is 1.77. The molecule has 1 aliphatic heterocycles. The summed E-state index contributed by atoms with van der Waals surface area (Å²) in [4.78, 5) is 17.1. The molecule has 0 unspecified atom stereocenters. The van der Waals surface area contributed by atoms with Crippen LogP contribution in [0.25, 0.3) is 6.08 Å². The lowest BCUT2D eigenvalue weighted by Crippen LogP contribution is -2.17. The van der Waals surface area contributed by atoms with E-state index in [0.29, 0.717) is 0 Å². The zero-order chi connectivity index (χ0) is 6.27. The topological polar surface area (TPSA) is 45.2 Å². The molecular weight excluding hydrogens is 116 g/mol. The minimum absolute atomic E-state index is 0.170. The molecule has 0 saturated carbocycles. The molecule has 0 atom stereocenters. The van der Waals surface area contributed by atoms with Crippen molar-refractivity contribution in [2.24, 2.45) is 4.99 Å². The molecule has 2 heterocycles. The zero-order valence-corrected chi connectivity index (χ0v) is 4.59. The van der Waals surface area contributed by atoms with Gasteiger partial charge in [0.2, 0.25) is 0 Å². The van der Waals surface area contributed by atoms with Crippen molar-refractivity contribution in [3.05, 3.63) is 23.0 Å². The second kappa shape index (κ2) is 1.31. The second-order valence-corrected chi connectivity index (χ2v) is 1.87. The van der Waals surface area contributed by atoms with Crippen molar-refractivity contribution in [1.82, 2.24) is 4.98 Å². The third-order valence-corrected chi connectivity index (χ3v) is 1.25. The van der Waals surface area contributed by atoms with E-state index in [2.05, 4.69) is 9.98 Å². The monoisotopic (exact) mass is 120 g/mol. The molecule has 1 aliphatic rings. The summed E-state index contributed by atoms with van der Waals surface area (Å²) >= 11 is 0. The van der Waals surface area contributed by atoms with Gasteiger partial charge in [-0.2, -0.15) is 0 Å². The predicted octanol–water partition coefficient (Wildman–Crippen LogP) is -1.05. The maximum absolute atomic E-state index is 10.5. The van der Waals surface area contributed by atoms with Crippen LogP contribution in [0.1, 0.15) is 0 Å². The first kappa shape index (κ1) is 4.49. The van der Waals surface area contributed by atoms with Gasteiger partial charge in [-0.05, 0) is 6.07 Å². The van der Waals surface area contributed by atoms with Gasteiger partial charge in [0.15, 0.2) is 0 Å². The summed E-state index contributed by atoms with van der Waals surface area (Å²) in [5.74, 6) is -0.170. The average molecular weight is 120 g/mol. The van der Waals surface area contributed by atoms with Crippen molar-refractivity contribution in [2.45, 2.75) is 0 Å². The van der Waals surface area contributed by atoms with Gasteiger partial charge in [0.1, 0.15) is 0 Å². The maximum atomic E-state index is 10.5. The van der Waals surface area contributed by atoms with Gasteiger partial charge < -0.3 is 4.98 Å². The van der Waals surface area contributed by atoms with E-state index in [0.717, 1.165) is 10.7 Å². The lowest BCUT2D eigenvalue weighted by Gasteiger charge is -1.67. The number of nitrogens with one attached hydrogen (secondary N) is 1. The van der Waals surface area contributed by atoms with Crippen LogP contribution in [0.15, 0.2) is 17.3 Å². The first-order valence-electron chi connectivity index (χ1n) is 2.64. The normalized spacial score (nSPS) is 14.4. The third-order valence-electron chi connectivity index (χ3n) is 1.25. The first-order valence-corrected chi connectivity index (χ1v) is 2.64. The third kappa shape index (κ3) is 0.512. The quantitative estimate of drug-likeness (QED) is 0.466. The number of rotatable bonds is 0. The Hall–Kier alpha value is -1.38. The molecule has 0 aliphatic carbocycles. The van der Waals surface area contributed by atoms with Gasteiger partial charge in [-0.15, -0.1) is 0 Å². The Bertz CT molecular complexity index is 328. The van der Waals surface area contributed by atoms with Crippen LogP contribution in [0.4, 0.5) is 0 Å². The highest BCUT2D eigenvalue weighted by molar-refractivity contribution is 6.06. The van der Waals surface area contributed by atoms with E-state index >= 15 is 0 Å². The van der Waals surface area contributed by atoms with E-state index in [9.17, 15) is 4.79 Å². The van der Waals surface area contributed by atoms with Gasteiger partial charge in [0.25, 0.3) is 5.91 Å². The van der Waals surface area contributed by atoms with Crippen molar-refractivity contribution in [3.8, 4) is 0 Å². The zero-order valence-electron chi connectivity index (χ0n) is 4.59. The van der Waals surface area contributed by atoms with Crippen LogP contribution in [-0.4, -0.2) is 10.9 Å². The fraction of sp³-hybridized carbons (Fsp3) is 0. The maximum Gasteiger partial charge on any atom is 0.272 e. The van der Waals surface area contributed by atoms with Gasteiger partial charge >= 0.3 is 0 Å². The van der Waals surface area contributed by atoms with Gasteiger partial charge in [-0.3, -0.25) is 4.79 Å². The number of aromatic amines is 1. The van der Waals surface area contributed by atoms with E-state index in [-0.39, 0.29) is 5.91 Å². The fourth-order valence-corrected chi connectivity index (χ4v) is 0.862. The predicted molar refractivity (Wildman–Crippen MR) is 31.0 cm³/mol. The summed E-state index contributed by atoms with van der Waals surface area (Å²) in [6.07, 6.45) is 3.24. The van der Waals surface area contributed by atoms with Gasteiger partial charge in [-0.1, -0.05) is 0 Å². The minimum Gasteiger partial charge on any atom is -0.360 e. The first-order chi connectivity index (χ1) is 4.36. The van der Waals surface area contributed by atoms with Crippen molar-refractivity contribution in [1.29, 1.82) is 0 Å². The summed E-state index contributed by atoms with van der Waals surface area (Å²) in [5.41, 5.74) is 0. The Kier molecular flexibility index (Phi) is 0.656. The van der Waals surface area contributed by atoms with Crippen LogP contribution in [0, 0.1) is 0 Å². The van der Waals surface area contributed by atoms with Crippen LogP contribution in [0.5, 0.6) is 0 Å². The average Bonchev–Trinajstić information content (AvgIpc) is 2.22. The Morgan fingerprint density at radius 1 is 1.56 bits per heavy atom. The van der Waals surface area contributed by atoms with E-state index in [1.54, 1.807) is 12.3 Å². The molecule has 3 heteroatoms. The molecule has 9 heavy (non-hydrogen) atoms. The lowest BCUT2D eigenvalue weighted by atomic mass is 10.5. The fourth-order valence-electron chi connectivity index (χ4n) is 0.862.